The molecule has 1 aromatic heterocycles. The number of rotatable bonds is 2. The monoisotopic (exact) mass is 205 g/mol. The predicted molar refractivity (Wildman–Crippen MR) is 55.0 cm³/mol. The highest BCUT2D eigenvalue weighted by Crippen LogP contribution is 2.25. The summed E-state index contributed by atoms with van der Waals surface area (Å²) in [6.45, 7) is 2.58. The van der Waals surface area contributed by atoms with Gasteiger partial charge < -0.3 is 10.8 Å². The van der Waals surface area contributed by atoms with E-state index in [0.717, 1.165) is 0 Å². The van der Waals surface area contributed by atoms with E-state index < -0.39 is 0 Å². The summed E-state index contributed by atoms with van der Waals surface area (Å²) < 4.78 is 0. The largest absolute Gasteiger partial charge is 0.506 e. The lowest BCUT2D eigenvalue weighted by Crippen LogP contribution is -1.98. The van der Waals surface area contributed by atoms with Gasteiger partial charge in [0.25, 0.3) is 0 Å². The maximum atomic E-state index is 9.42. The number of tetrazole rings is 1. The third kappa shape index (κ3) is 1.74. The molecule has 78 valence electrons. The van der Waals surface area contributed by atoms with Crippen molar-refractivity contribution < 1.29 is 5.11 Å². The van der Waals surface area contributed by atoms with Crippen LogP contribution < -0.4 is 5.73 Å². The molecule has 1 heterocycles. The van der Waals surface area contributed by atoms with Gasteiger partial charge in [-0.15, -0.1) is 10.2 Å². The van der Waals surface area contributed by atoms with Gasteiger partial charge in [0.2, 0.25) is 5.82 Å². The van der Waals surface area contributed by atoms with Crippen LogP contribution in [0.5, 0.6) is 5.75 Å². The van der Waals surface area contributed by atoms with Gasteiger partial charge >= 0.3 is 0 Å². The van der Waals surface area contributed by atoms with Crippen LogP contribution in [0.3, 0.4) is 0 Å². The molecular formula is C9H11N5O. The first kappa shape index (κ1) is 9.45. The molecule has 6 nitrogen and oxygen atoms in total. The van der Waals surface area contributed by atoms with E-state index in [1.165, 1.54) is 10.9 Å². The second-order valence-corrected chi connectivity index (χ2v) is 3.08. The molecule has 2 aromatic rings. The third-order valence-corrected chi connectivity index (χ3v) is 2.02. The molecule has 0 amide bonds. The lowest BCUT2D eigenvalue weighted by atomic mass is 10.2. The van der Waals surface area contributed by atoms with Crippen LogP contribution in [0.1, 0.15) is 6.92 Å². The van der Waals surface area contributed by atoms with Crippen LogP contribution >= 0.6 is 0 Å². The summed E-state index contributed by atoms with van der Waals surface area (Å²) in [5.74, 6) is 0.507. The highest BCUT2D eigenvalue weighted by Gasteiger charge is 2.07. The van der Waals surface area contributed by atoms with Crippen molar-refractivity contribution in [3.8, 4) is 17.1 Å². The molecule has 0 spiro atoms. The fraction of sp³-hybridized carbons (Fsp3) is 0.222. The highest BCUT2D eigenvalue weighted by atomic mass is 16.3. The topological polar surface area (TPSA) is 89.9 Å². The molecule has 0 fully saturated rings. The molecule has 0 bridgehead atoms. The van der Waals surface area contributed by atoms with Crippen molar-refractivity contribution in [3.05, 3.63) is 18.2 Å². The molecule has 0 radical (unpaired) electrons. The van der Waals surface area contributed by atoms with E-state index in [-0.39, 0.29) is 5.75 Å². The van der Waals surface area contributed by atoms with Crippen LogP contribution in [0.25, 0.3) is 11.4 Å². The Hall–Kier alpha value is -2.11. The summed E-state index contributed by atoms with van der Waals surface area (Å²) in [5.41, 5.74) is 6.52. The van der Waals surface area contributed by atoms with Gasteiger partial charge in [-0.05, 0) is 30.3 Å². The van der Waals surface area contributed by atoms with Crippen LogP contribution in [-0.2, 0) is 6.54 Å². The normalized spacial score (nSPS) is 10.5. The second-order valence-electron chi connectivity index (χ2n) is 3.08. The Bertz CT molecular complexity index is 479. The lowest BCUT2D eigenvalue weighted by molar-refractivity contribution is 0.478. The van der Waals surface area contributed by atoms with E-state index in [1.807, 2.05) is 6.92 Å². The average Bonchev–Trinajstić information content (AvgIpc) is 2.70. The molecule has 0 saturated heterocycles. The first-order chi connectivity index (χ1) is 7.20. The molecule has 0 unspecified atom stereocenters. The molecular weight excluding hydrogens is 194 g/mol. The summed E-state index contributed by atoms with van der Waals surface area (Å²) in [4.78, 5) is 1.47. The number of benzene rings is 1. The van der Waals surface area contributed by atoms with Crippen LogP contribution in [-0.4, -0.2) is 25.3 Å². The SMILES string of the molecule is CCn1nnc(-c2ccc(N)c(O)c2)n1. The third-order valence-electron chi connectivity index (χ3n) is 2.02. The molecule has 2 rings (SSSR count). The van der Waals surface area contributed by atoms with Gasteiger partial charge in [0.15, 0.2) is 0 Å². The lowest BCUT2D eigenvalue weighted by Gasteiger charge is -1.99. The molecule has 1 aromatic carbocycles. The van der Waals surface area contributed by atoms with Gasteiger partial charge in [0.05, 0.1) is 12.2 Å². The zero-order valence-electron chi connectivity index (χ0n) is 8.25. The molecule has 0 aliphatic heterocycles. The van der Waals surface area contributed by atoms with Gasteiger partial charge in [0.1, 0.15) is 5.75 Å². The first-order valence-electron chi connectivity index (χ1n) is 4.57. The van der Waals surface area contributed by atoms with E-state index in [0.29, 0.717) is 23.6 Å². The number of anilines is 1. The maximum absolute atomic E-state index is 9.42. The van der Waals surface area contributed by atoms with Crippen molar-refractivity contribution in [1.82, 2.24) is 20.2 Å². The van der Waals surface area contributed by atoms with Crippen molar-refractivity contribution in [2.75, 3.05) is 5.73 Å². The van der Waals surface area contributed by atoms with E-state index in [4.69, 9.17) is 5.73 Å². The number of hydrogen-bond acceptors (Lipinski definition) is 5. The van der Waals surface area contributed by atoms with E-state index in [1.54, 1.807) is 12.1 Å². The highest BCUT2D eigenvalue weighted by molar-refractivity contribution is 5.64. The number of aryl methyl sites for hydroxylation is 1. The fourth-order valence-corrected chi connectivity index (χ4v) is 1.18. The molecule has 15 heavy (non-hydrogen) atoms. The number of nitrogen functional groups attached to an aromatic ring is 1. The number of phenols is 1. The zero-order chi connectivity index (χ0) is 10.8. The minimum Gasteiger partial charge on any atom is -0.506 e. The number of hydrogen-bond donors (Lipinski definition) is 2. The fourth-order valence-electron chi connectivity index (χ4n) is 1.18. The van der Waals surface area contributed by atoms with Crippen molar-refractivity contribution >= 4 is 5.69 Å². The predicted octanol–water partition coefficient (Wildman–Crippen LogP) is 0.648. The Labute approximate surface area is 86.3 Å². The number of nitrogens with two attached hydrogens (primary N) is 1. The van der Waals surface area contributed by atoms with E-state index >= 15 is 0 Å². The minimum absolute atomic E-state index is 0.0281. The molecule has 0 aliphatic rings. The summed E-state index contributed by atoms with van der Waals surface area (Å²) in [7, 11) is 0. The Morgan fingerprint density at radius 3 is 2.87 bits per heavy atom. The number of aromatic hydroxyl groups is 1. The van der Waals surface area contributed by atoms with Crippen molar-refractivity contribution in [2.24, 2.45) is 0 Å². The van der Waals surface area contributed by atoms with Crippen molar-refractivity contribution in [1.29, 1.82) is 0 Å². The summed E-state index contributed by atoms with van der Waals surface area (Å²) >= 11 is 0. The smallest absolute Gasteiger partial charge is 0.205 e. The van der Waals surface area contributed by atoms with Crippen molar-refractivity contribution in [2.45, 2.75) is 13.5 Å². The average molecular weight is 205 g/mol. The minimum atomic E-state index is 0.0281. The second kappa shape index (κ2) is 3.56. The zero-order valence-corrected chi connectivity index (χ0v) is 8.25. The summed E-state index contributed by atoms with van der Waals surface area (Å²) in [5, 5.41) is 21.2. The van der Waals surface area contributed by atoms with Gasteiger partial charge in [-0.3, -0.25) is 0 Å². The quantitative estimate of drug-likeness (QED) is 0.555. The van der Waals surface area contributed by atoms with Crippen LogP contribution in [0.15, 0.2) is 18.2 Å². The van der Waals surface area contributed by atoms with E-state index in [9.17, 15) is 5.11 Å². The van der Waals surface area contributed by atoms with Gasteiger partial charge in [-0.2, -0.15) is 4.80 Å². The van der Waals surface area contributed by atoms with Crippen LogP contribution in [0.2, 0.25) is 0 Å². The number of nitrogens with zero attached hydrogens (tertiary/aromatic N) is 4. The molecule has 3 N–H and O–H groups in total. The Morgan fingerprint density at radius 2 is 2.27 bits per heavy atom. The van der Waals surface area contributed by atoms with E-state index in [2.05, 4.69) is 15.4 Å². The number of aromatic nitrogens is 4. The van der Waals surface area contributed by atoms with Crippen LogP contribution in [0.4, 0.5) is 5.69 Å². The van der Waals surface area contributed by atoms with Gasteiger partial charge in [0, 0.05) is 5.56 Å². The molecule has 0 saturated carbocycles. The Kier molecular flexibility index (Phi) is 2.24. The Morgan fingerprint density at radius 1 is 1.47 bits per heavy atom. The number of phenolic OH excluding ortho intramolecular Hbond substituents is 1. The molecule has 6 heteroatoms. The van der Waals surface area contributed by atoms with Gasteiger partial charge in [-0.1, -0.05) is 0 Å². The summed E-state index contributed by atoms with van der Waals surface area (Å²) in [6.07, 6.45) is 0. The molecule has 0 atom stereocenters. The molecule has 0 aliphatic carbocycles. The Balaban J connectivity index is 2.40. The van der Waals surface area contributed by atoms with Gasteiger partial charge in [-0.25, -0.2) is 0 Å². The standard InChI is InChI=1S/C9H11N5O/c1-2-14-12-9(11-13-14)6-3-4-7(10)8(15)5-6/h3-5,15H,2,10H2,1H3. The summed E-state index contributed by atoms with van der Waals surface area (Å²) in [6, 6.07) is 4.87. The first-order valence-corrected chi connectivity index (χ1v) is 4.57. The maximum Gasteiger partial charge on any atom is 0.205 e. The van der Waals surface area contributed by atoms with Crippen molar-refractivity contribution in [3.63, 3.8) is 0 Å². The van der Waals surface area contributed by atoms with Crippen LogP contribution in [0, 0.1) is 0 Å².